The van der Waals surface area contributed by atoms with Crippen LogP contribution in [0.25, 0.3) is 0 Å². The summed E-state index contributed by atoms with van der Waals surface area (Å²) in [6, 6.07) is 0.612. The number of hydrogen-bond acceptors (Lipinski definition) is 3. The van der Waals surface area contributed by atoms with Gasteiger partial charge in [0, 0.05) is 30.7 Å². The molecule has 3 rings (SSSR count). The molecule has 2 amide bonds. The van der Waals surface area contributed by atoms with Crippen molar-refractivity contribution in [2.75, 3.05) is 19.8 Å². The van der Waals surface area contributed by atoms with Crippen LogP contribution in [0.2, 0.25) is 0 Å². The van der Waals surface area contributed by atoms with Crippen molar-refractivity contribution < 1.29 is 14.6 Å². The number of carbonyl (C=O) groups is 1. The molecule has 3 aliphatic rings. The molecule has 5 heteroatoms. The Hall–Kier alpha value is -0.810. The maximum Gasteiger partial charge on any atom is 0.317 e. The van der Waals surface area contributed by atoms with Crippen LogP contribution in [-0.4, -0.2) is 54.0 Å². The molecule has 5 nitrogen and oxygen atoms in total. The van der Waals surface area contributed by atoms with Crippen molar-refractivity contribution in [1.29, 1.82) is 0 Å². The Bertz CT molecular complexity index is 378. The molecule has 0 radical (unpaired) electrons. The molecular weight excluding hydrogens is 268 g/mol. The molecule has 2 N–H and O–H groups in total. The highest BCUT2D eigenvalue weighted by molar-refractivity contribution is 5.75. The van der Waals surface area contributed by atoms with Crippen LogP contribution in [0.3, 0.4) is 0 Å². The molecule has 1 spiro atoms. The molecule has 0 heterocycles. The van der Waals surface area contributed by atoms with E-state index < -0.39 is 0 Å². The summed E-state index contributed by atoms with van der Waals surface area (Å²) < 4.78 is 5.89. The molecular formula is C16H28N2O3. The lowest BCUT2D eigenvalue weighted by molar-refractivity contribution is -0.127. The van der Waals surface area contributed by atoms with Crippen molar-refractivity contribution in [3.05, 3.63) is 0 Å². The highest BCUT2D eigenvalue weighted by atomic mass is 16.5. The normalized spacial score (nSPS) is 30.2. The lowest BCUT2D eigenvalue weighted by Crippen LogP contribution is -2.65. The lowest BCUT2D eigenvalue weighted by Gasteiger charge is -2.54. The van der Waals surface area contributed by atoms with Crippen molar-refractivity contribution in [1.82, 2.24) is 10.2 Å². The van der Waals surface area contributed by atoms with Gasteiger partial charge < -0.3 is 20.1 Å². The van der Waals surface area contributed by atoms with Gasteiger partial charge in [-0.05, 0) is 39.0 Å². The van der Waals surface area contributed by atoms with E-state index in [1.807, 2.05) is 11.8 Å². The third-order valence-electron chi connectivity index (χ3n) is 5.57. The standard InChI is InChI=1S/C16H28N2O3/c1-2-21-14-11-13(16(14)7-3-4-8-16)17-15(20)18(9-10-19)12-5-6-12/h12-14,19H,2-11H2,1H3,(H,17,20)/t13-,14-/m1/s1. The van der Waals surface area contributed by atoms with Crippen LogP contribution in [0.5, 0.6) is 0 Å². The summed E-state index contributed by atoms with van der Waals surface area (Å²) in [5.41, 5.74) is 0.181. The highest BCUT2D eigenvalue weighted by Gasteiger charge is 2.57. The summed E-state index contributed by atoms with van der Waals surface area (Å²) in [4.78, 5) is 14.3. The first-order chi connectivity index (χ1) is 10.2. The number of urea groups is 1. The van der Waals surface area contributed by atoms with Crippen molar-refractivity contribution >= 4 is 6.03 Å². The van der Waals surface area contributed by atoms with E-state index in [4.69, 9.17) is 9.84 Å². The Balaban J connectivity index is 1.60. The Labute approximate surface area is 127 Å². The summed E-state index contributed by atoms with van der Waals surface area (Å²) in [5, 5.41) is 12.4. The molecule has 120 valence electrons. The summed E-state index contributed by atoms with van der Waals surface area (Å²) >= 11 is 0. The largest absolute Gasteiger partial charge is 0.395 e. The number of amides is 2. The zero-order valence-electron chi connectivity index (χ0n) is 13.0. The Kier molecular flexibility index (Phi) is 4.41. The average Bonchev–Trinajstić information content (AvgIpc) is 3.17. The van der Waals surface area contributed by atoms with Gasteiger partial charge in [0.2, 0.25) is 0 Å². The van der Waals surface area contributed by atoms with Crippen LogP contribution >= 0.6 is 0 Å². The number of aliphatic hydroxyl groups excluding tert-OH is 1. The number of ether oxygens (including phenoxy) is 1. The number of hydrogen-bond donors (Lipinski definition) is 2. The van der Waals surface area contributed by atoms with E-state index in [0.29, 0.717) is 18.7 Å². The molecule has 21 heavy (non-hydrogen) atoms. The average molecular weight is 296 g/mol. The minimum absolute atomic E-state index is 0.0118. The Morgan fingerprint density at radius 2 is 2.10 bits per heavy atom. The quantitative estimate of drug-likeness (QED) is 0.787. The highest BCUT2D eigenvalue weighted by Crippen LogP contribution is 2.54. The van der Waals surface area contributed by atoms with Gasteiger partial charge in [0.25, 0.3) is 0 Å². The zero-order valence-corrected chi connectivity index (χ0v) is 13.0. The molecule has 0 bridgehead atoms. The number of rotatable bonds is 6. The van der Waals surface area contributed by atoms with Crippen LogP contribution in [-0.2, 0) is 4.74 Å². The number of nitrogens with zero attached hydrogens (tertiary/aromatic N) is 1. The fraction of sp³-hybridized carbons (Fsp3) is 0.938. The molecule has 3 aliphatic carbocycles. The van der Waals surface area contributed by atoms with Gasteiger partial charge in [-0.15, -0.1) is 0 Å². The molecule has 2 atom stereocenters. The van der Waals surface area contributed by atoms with Gasteiger partial charge >= 0.3 is 6.03 Å². The minimum atomic E-state index is 0.0118. The number of nitrogens with one attached hydrogen (secondary N) is 1. The Morgan fingerprint density at radius 3 is 2.67 bits per heavy atom. The van der Waals surface area contributed by atoms with Crippen molar-refractivity contribution in [2.45, 2.75) is 70.1 Å². The van der Waals surface area contributed by atoms with E-state index in [1.54, 1.807) is 0 Å². The molecule has 0 unspecified atom stereocenters. The zero-order chi connectivity index (χ0) is 14.9. The maximum atomic E-state index is 12.5. The minimum Gasteiger partial charge on any atom is -0.395 e. The van der Waals surface area contributed by atoms with Gasteiger partial charge in [-0.2, -0.15) is 0 Å². The van der Waals surface area contributed by atoms with Gasteiger partial charge in [-0.25, -0.2) is 4.79 Å². The van der Waals surface area contributed by atoms with E-state index >= 15 is 0 Å². The first-order valence-corrected chi connectivity index (χ1v) is 8.51. The summed E-state index contributed by atoms with van der Waals surface area (Å²) in [7, 11) is 0. The van der Waals surface area contributed by atoms with E-state index in [1.165, 1.54) is 25.7 Å². The SMILES string of the molecule is CCO[C@@H]1C[C@@H](NC(=O)N(CCO)C2CC2)C12CCCC2. The molecule has 3 saturated carbocycles. The predicted molar refractivity (Wildman–Crippen MR) is 80.1 cm³/mol. The second-order valence-electron chi connectivity index (χ2n) is 6.77. The molecule has 0 saturated heterocycles. The van der Waals surface area contributed by atoms with Gasteiger partial charge in [-0.3, -0.25) is 0 Å². The summed E-state index contributed by atoms with van der Waals surface area (Å²) in [6.07, 6.45) is 8.26. The molecule has 3 fully saturated rings. The molecule has 0 aromatic heterocycles. The van der Waals surface area contributed by atoms with Crippen molar-refractivity contribution in [3.63, 3.8) is 0 Å². The first-order valence-electron chi connectivity index (χ1n) is 8.51. The third-order valence-corrected chi connectivity index (χ3v) is 5.57. The Morgan fingerprint density at radius 1 is 1.38 bits per heavy atom. The van der Waals surface area contributed by atoms with Gasteiger partial charge in [0.05, 0.1) is 12.7 Å². The van der Waals surface area contributed by atoms with Gasteiger partial charge in [0.15, 0.2) is 0 Å². The predicted octanol–water partition coefficient (Wildman–Crippen LogP) is 1.89. The maximum absolute atomic E-state index is 12.5. The van der Waals surface area contributed by atoms with Gasteiger partial charge in [-0.1, -0.05) is 12.8 Å². The fourth-order valence-electron chi connectivity index (χ4n) is 4.26. The van der Waals surface area contributed by atoms with E-state index in [9.17, 15) is 4.79 Å². The van der Waals surface area contributed by atoms with E-state index in [-0.39, 0.29) is 24.1 Å². The van der Waals surface area contributed by atoms with Crippen LogP contribution in [0.1, 0.15) is 51.9 Å². The number of aliphatic hydroxyl groups is 1. The van der Waals surface area contributed by atoms with E-state index in [0.717, 1.165) is 25.9 Å². The second kappa shape index (κ2) is 6.13. The van der Waals surface area contributed by atoms with Crippen molar-refractivity contribution in [2.24, 2.45) is 5.41 Å². The first kappa shape index (κ1) is 15.1. The topological polar surface area (TPSA) is 61.8 Å². The van der Waals surface area contributed by atoms with E-state index in [2.05, 4.69) is 5.32 Å². The summed E-state index contributed by atoms with van der Waals surface area (Å²) in [6.45, 7) is 3.29. The fourth-order valence-corrected chi connectivity index (χ4v) is 4.26. The van der Waals surface area contributed by atoms with Crippen molar-refractivity contribution in [3.8, 4) is 0 Å². The lowest BCUT2D eigenvalue weighted by atomic mass is 9.60. The molecule has 0 aromatic carbocycles. The summed E-state index contributed by atoms with van der Waals surface area (Å²) in [5.74, 6) is 0. The molecule has 0 aliphatic heterocycles. The molecule has 0 aromatic rings. The van der Waals surface area contributed by atoms with Crippen LogP contribution in [0.15, 0.2) is 0 Å². The van der Waals surface area contributed by atoms with Crippen LogP contribution < -0.4 is 5.32 Å². The second-order valence-corrected chi connectivity index (χ2v) is 6.77. The number of carbonyl (C=O) groups excluding carboxylic acids is 1. The van der Waals surface area contributed by atoms with Crippen LogP contribution in [0.4, 0.5) is 4.79 Å². The smallest absolute Gasteiger partial charge is 0.317 e. The van der Waals surface area contributed by atoms with Gasteiger partial charge in [0.1, 0.15) is 0 Å². The van der Waals surface area contributed by atoms with Crippen LogP contribution in [0, 0.1) is 5.41 Å². The monoisotopic (exact) mass is 296 g/mol. The third kappa shape index (κ3) is 2.78.